The number of rotatable bonds is 8. The van der Waals surface area contributed by atoms with Crippen LogP contribution in [0.4, 0.5) is 0 Å². The second kappa shape index (κ2) is 6.90. The first kappa shape index (κ1) is 16.0. The first-order valence-corrected chi connectivity index (χ1v) is 7.11. The maximum Gasteiger partial charge on any atom is 0.328 e. The van der Waals surface area contributed by atoms with E-state index in [1.165, 1.54) is 11.6 Å². The van der Waals surface area contributed by atoms with Gasteiger partial charge in [-0.3, -0.25) is 0 Å². The van der Waals surface area contributed by atoms with Gasteiger partial charge in [-0.1, -0.05) is 24.1 Å². The van der Waals surface area contributed by atoms with Gasteiger partial charge in [-0.25, -0.2) is 4.79 Å². The molecule has 0 amide bonds. The van der Waals surface area contributed by atoms with Crippen molar-refractivity contribution in [1.82, 2.24) is 0 Å². The van der Waals surface area contributed by atoms with Crippen molar-refractivity contribution in [1.29, 1.82) is 0 Å². The smallest absolute Gasteiger partial charge is 0.328 e. The predicted molar refractivity (Wildman–Crippen MR) is 77.2 cm³/mol. The molecular formula is C16H26O3. The summed E-state index contributed by atoms with van der Waals surface area (Å²) < 4.78 is 5.69. The number of carbonyl (C=O) groups is 1. The fraction of sp³-hybridized carbons (Fsp3) is 0.688. The number of carboxylic acid groups (broad SMARTS) is 1. The zero-order valence-corrected chi connectivity index (χ0v) is 12.5. The van der Waals surface area contributed by atoms with Gasteiger partial charge in [-0.15, -0.1) is 0 Å². The van der Waals surface area contributed by atoms with E-state index in [0.717, 1.165) is 37.7 Å². The van der Waals surface area contributed by atoms with Crippen LogP contribution < -0.4 is 0 Å². The number of epoxide rings is 1. The molecule has 0 radical (unpaired) electrons. The van der Waals surface area contributed by atoms with Gasteiger partial charge in [-0.05, 0) is 52.9 Å². The summed E-state index contributed by atoms with van der Waals surface area (Å²) in [6, 6.07) is 0. The summed E-state index contributed by atoms with van der Waals surface area (Å²) >= 11 is 0. The molecule has 1 fully saturated rings. The van der Waals surface area contributed by atoms with Crippen molar-refractivity contribution in [2.75, 3.05) is 0 Å². The molecule has 0 aliphatic carbocycles. The third kappa shape index (κ3) is 5.60. The first-order chi connectivity index (χ1) is 8.87. The van der Waals surface area contributed by atoms with Gasteiger partial charge in [0.1, 0.15) is 0 Å². The van der Waals surface area contributed by atoms with Crippen LogP contribution in [-0.2, 0) is 9.53 Å². The Hall–Kier alpha value is -1.09. The molecule has 1 saturated heterocycles. The second-order valence-electron chi connectivity index (χ2n) is 5.73. The number of carboxylic acids is 1. The van der Waals surface area contributed by atoms with Gasteiger partial charge in [0.25, 0.3) is 0 Å². The van der Waals surface area contributed by atoms with Crippen LogP contribution in [0.5, 0.6) is 0 Å². The number of ether oxygens (including phenoxy) is 1. The summed E-state index contributed by atoms with van der Waals surface area (Å²) in [4.78, 5) is 10.5. The molecule has 3 heteroatoms. The van der Waals surface area contributed by atoms with Gasteiger partial charge in [0.05, 0.1) is 11.7 Å². The molecule has 1 aliphatic rings. The Kier molecular flexibility index (Phi) is 5.80. The zero-order valence-electron chi connectivity index (χ0n) is 12.5. The third-order valence-electron chi connectivity index (χ3n) is 3.94. The van der Waals surface area contributed by atoms with Crippen molar-refractivity contribution in [2.45, 2.75) is 71.5 Å². The first-order valence-electron chi connectivity index (χ1n) is 7.11. The van der Waals surface area contributed by atoms with Crippen LogP contribution in [0.15, 0.2) is 23.3 Å². The predicted octanol–water partition coefficient (Wildman–Crippen LogP) is 4.09. The minimum absolute atomic E-state index is 0.126. The van der Waals surface area contributed by atoms with E-state index in [9.17, 15) is 4.79 Å². The molecule has 1 rings (SSSR count). The quantitative estimate of drug-likeness (QED) is 0.409. The van der Waals surface area contributed by atoms with E-state index >= 15 is 0 Å². The van der Waals surface area contributed by atoms with E-state index in [4.69, 9.17) is 9.84 Å². The Morgan fingerprint density at radius 3 is 2.53 bits per heavy atom. The second-order valence-corrected chi connectivity index (χ2v) is 5.73. The van der Waals surface area contributed by atoms with Gasteiger partial charge in [0, 0.05) is 6.08 Å². The molecule has 1 heterocycles. The van der Waals surface area contributed by atoms with E-state index < -0.39 is 5.97 Å². The van der Waals surface area contributed by atoms with Crippen LogP contribution >= 0.6 is 0 Å². The Morgan fingerprint density at radius 1 is 1.32 bits per heavy atom. The van der Waals surface area contributed by atoms with Crippen molar-refractivity contribution < 1.29 is 14.6 Å². The minimum Gasteiger partial charge on any atom is -0.478 e. The van der Waals surface area contributed by atoms with Gasteiger partial charge in [-0.2, -0.15) is 0 Å². The number of hydrogen-bond acceptors (Lipinski definition) is 2. The average molecular weight is 266 g/mol. The summed E-state index contributed by atoms with van der Waals surface area (Å²) in [5, 5.41) is 8.61. The molecule has 1 aliphatic heterocycles. The number of hydrogen-bond donors (Lipinski definition) is 1. The normalized spacial score (nSPS) is 27.5. The molecular weight excluding hydrogens is 240 g/mol. The Labute approximate surface area is 116 Å². The van der Waals surface area contributed by atoms with Gasteiger partial charge < -0.3 is 9.84 Å². The van der Waals surface area contributed by atoms with Crippen molar-refractivity contribution in [3.8, 4) is 0 Å². The molecule has 19 heavy (non-hydrogen) atoms. The van der Waals surface area contributed by atoms with Crippen molar-refractivity contribution >= 4 is 5.97 Å². The molecule has 0 aromatic rings. The highest BCUT2D eigenvalue weighted by molar-refractivity contribution is 5.80. The van der Waals surface area contributed by atoms with E-state index in [1.807, 2.05) is 6.92 Å². The van der Waals surface area contributed by atoms with Crippen LogP contribution in [0.1, 0.15) is 59.8 Å². The zero-order chi connectivity index (χ0) is 14.5. The van der Waals surface area contributed by atoms with Crippen LogP contribution in [0.25, 0.3) is 0 Å². The number of aliphatic carboxylic acids is 1. The van der Waals surface area contributed by atoms with Crippen molar-refractivity contribution in [3.05, 3.63) is 23.3 Å². The lowest BCUT2D eigenvalue weighted by atomic mass is 9.99. The Balaban J connectivity index is 2.21. The largest absolute Gasteiger partial charge is 0.478 e. The minimum atomic E-state index is -0.858. The standard InChI is InChI=1S/C16H26O3/c1-5-16(4)14(19-16)10-9-12(2)7-6-8-13(3)11-15(17)18/h7,11,14H,5-6,8-10H2,1-4H3,(H,17,18)/b12-7+,13-11+/t14-,16-/m0/s1. The summed E-state index contributed by atoms with van der Waals surface area (Å²) in [7, 11) is 0. The van der Waals surface area contributed by atoms with Crippen LogP contribution in [0, 0.1) is 0 Å². The monoisotopic (exact) mass is 266 g/mol. The summed E-state index contributed by atoms with van der Waals surface area (Å²) in [5.74, 6) is -0.858. The molecule has 3 nitrogen and oxygen atoms in total. The molecule has 0 unspecified atom stereocenters. The fourth-order valence-electron chi connectivity index (χ4n) is 2.26. The summed E-state index contributed by atoms with van der Waals surface area (Å²) in [6.45, 7) is 8.35. The lowest BCUT2D eigenvalue weighted by Gasteiger charge is -2.03. The molecule has 0 aromatic heterocycles. The van der Waals surface area contributed by atoms with E-state index in [1.54, 1.807) is 0 Å². The van der Waals surface area contributed by atoms with Gasteiger partial charge >= 0.3 is 5.97 Å². The Morgan fingerprint density at radius 2 is 2.00 bits per heavy atom. The average Bonchev–Trinajstić information content (AvgIpc) is 2.98. The molecule has 1 N–H and O–H groups in total. The summed E-state index contributed by atoms with van der Waals surface area (Å²) in [6.07, 6.45) is 8.90. The van der Waals surface area contributed by atoms with Crippen molar-refractivity contribution in [2.24, 2.45) is 0 Å². The van der Waals surface area contributed by atoms with Gasteiger partial charge in [0.2, 0.25) is 0 Å². The Bertz CT molecular complexity index is 381. The van der Waals surface area contributed by atoms with Crippen LogP contribution in [0.3, 0.4) is 0 Å². The maximum absolute atomic E-state index is 10.5. The van der Waals surface area contributed by atoms with Gasteiger partial charge in [0.15, 0.2) is 0 Å². The highest BCUT2D eigenvalue weighted by atomic mass is 16.6. The lowest BCUT2D eigenvalue weighted by molar-refractivity contribution is -0.131. The van der Waals surface area contributed by atoms with E-state index in [2.05, 4.69) is 26.8 Å². The summed E-state index contributed by atoms with van der Waals surface area (Å²) in [5.41, 5.74) is 2.42. The van der Waals surface area contributed by atoms with E-state index in [0.29, 0.717) is 6.10 Å². The molecule has 0 saturated carbocycles. The highest BCUT2D eigenvalue weighted by Gasteiger charge is 2.49. The molecule has 2 atom stereocenters. The maximum atomic E-state index is 10.5. The molecule has 108 valence electrons. The van der Waals surface area contributed by atoms with Crippen molar-refractivity contribution in [3.63, 3.8) is 0 Å². The SMILES string of the molecule is CC[C@]1(C)O[C@H]1CC/C(C)=C/CC/C(C)=C/C(=O)O. The van der Waals surface area contributed by atoms with Crippen LogP contribution in [0.2, 0.25) is 0 Å². The van der Waals surface area contributed by atoms with E-state index in [-0.39, 0.29) is 5.60 Å². The highest BCUT2D eigenvalue weighted by Crippen LogP contribution is 2.42. The molecule has 0 spiro atoms. The topological polar surface area (TPSA) is 49.8 Å². The van der Waals surface area contributed by atoms with Crippen LogP contribution in [-0.4, -0.2) is 22.8 Å². The third-order valence-corrected chi connectivity index (χ3v) is 3.94. The fourth-order valence-corrected chi connectivity index (χ4v) is 2.26. The molecule has 0 aromatic carbocycles. The lowest BCUT2D eigenvalue weighted by Crippen LogP contribution is -2.07. The number of allylic oxidation sites excluding steroid dienone is 3. The molecule has 0 bridgehead atoms.